The van der Waals surface area contributed by atoms with Crippen LogP contribution in [0.2, 0.25) is 0 Å². The Bertz CT molecular complexity index is 214. The summed E-state index contributed by atoms with van der Waals surface area (Å²) in [6.45, 7) is 5.34. The fraction of sp³-hybridized carbons (Fsp3) is 0.889. The smallest absolute Gasteiger partial charge is 0.323 e. The summed E-state index contributed by atoms with van der Waals surface area (Å²) in [4.78, 5) is 11.4. The molecule has 0 aromatic rings. The first-order valence-corrected chi connectivity index (χ1v) is 4.86. The third-order valence-electron chi connectivity index (χ3n) is 2.93. The van der Waals surface area contributed by atoms with Crippen LogP contribution in [-0.2, 0) is 9.53 Å². The van der Waals surface area contributed by atoms with Crippen LogP contribution in [0.4, 0.5) is 0 Å². The van der Waals surface area contributed by atoms with Gasteiger partial charge >= 0.3 is 5.97 Å². The summed E-state index contributed by atoms with van der Waals surface area (Å²) in [5, 5.41) is 6.46. The molecule has 0 aromatic carbocycles. The minimum Gasteiger partial charge on any atom is -0.465 e. The Balaban J connectivity index is 1.87. The summed E-state index contributed by atoms with van der Waals surface area (Å²) < 4.78 is 4.97. The van der Waals surface area contributed by atoms with Crippen LogP contribution in [0.1, 0.15) is 13.3 Å². The number of esters is 1. The molecule has 2 saturated heterocycles. The molecule has 74 valence electrons. The molecule has 1 unspecified atom stereocenters. The average molecular weight is 184 g/mol. The summed E-state index contributed by atoms with van der Waals surface area (Å²) in [6, 6.07) is -0.0675. The SMILES string of the molecule is CCOC(=O)C1CC2(CNC2)CN1. The van der Waals surface area contributed by atoms with Crippen molar-refractivity contribution in [2.75, 3.05) is 26.2 Å². The molecule has 2 fully saturated rings. The highest BCUT2D eigenvalue weighted by molar-refractivity contribution is 5.76. The number of ether oxygens (including phenoxy) is 1. The van der Waals surface area contributed by atoms with Gasteiger partial charge in [0.2, 0.25) is 0 Å². The van der Waals surface area contributed by atoms with Crippen molar-refractivity contribution in [1.82, 2.24) is 10.6 Å². The number of rotatable bonds is 2. The van der Waals surface area contributed by atoms with Crippen molar-refractivity contribution in [3.05, 3.63) is 0 Å². The van der Waals surface area contributed by atoms with Crippen LogP contribution in [-0.4, -0.2) is 38.3 Å². The maximum absolute atomic E-state index is 11.4. The standard InChI is InChI=1S/C9H16N2O2/c1-2-13-8(12)7-3-9(6-11-7)4-10-5-9/h7,10-11H,2-6H2,1H3. The third-order valence-corrected chi connectivity index (χ3v) is 2.93. The van der Waals surface area contributed by atoms with E-state index in [0.717, 1.165) is 26.1 Å². The Morgan fingerprint density at radius 1 is 1.54 bits per heavy atom. The van der Waals surface area contributed by atoms with Crippen LogP contribution in [0.5, 0.6) is 0 Å². The molecule has 2 heterocycles. The lowest BCUT2D eigenvalue weighted by molar-refractivity contribution is -0.145. The minimum absolute atomic E-state index is 0.0675. The summed E-state index contributed by atoms with van der Waals surface area (Å²) in [5.74, 6) is -0.0914. The molecule has 2 aliphatic rings. The molecule has 0 amide bonds. The van der Waals surface area contributed by atoms with Crippen molar-refractivity contribution in [3.63, 3.8) is 0 Å². The van der Waals surface area contributed by atoms with E-state index in [0.29, 0.717) is 12.0 Å². The van der Waals surface area contributed by atoms with Gasteiger partial charge < -0.3 is 15.4 Å². The van der Waals surface area contributed by atoms with Gasteiger partial charge in [0.15, 0.2) is 0 Å². The second-order valence-corrected chi connectivity index (χ2v) is 3.99. The van der Waals surface area contributed by atoms with Crippen LogP contribution < -0.4 is 10.6 Å². The first-order chi connectivity index (χ1) is 6.26. The zero-order chi connectivity index (χ0) is 9.31. The Hall–Kier alpha value is -0.610. The highest BCUT2D eigenvalue weighted by Crippen LogP contribution is 2.32. The summed E-state index contributed by atoms with van der Waals surface area (Å²) in [5.41, 5.74) is 0.345. The van der Waals surface area contributed by atoms with Gasteiger partial charge in [-0.05, 0) is 13.3 Å². The predicted molar refractivity (Wildman–Crippen MR) is 48.3 cm³/mol. The molecule has 4 nitrogen and oxygen atoms in total. The van der Waals surface area contributed by atoms with Crippen molar-refractivity contribution in [3.8, 4) is 0 Å². The fourth-order valence-corrected chi connectivity index (χ4v) is 2.07. The quantitative estimate of drug-likeness (QED) is 0.568. The molecule has 2 aliphatic heterocycles. The molecule has 1 spiro atoms. The van der Waals surface area contributed by atoms with Gasteiger partial charge in [0.25, 0.3) is 0 Å². The van der Waals surface area contributed by atoms with Gasteiger partial charge in [0.05, 0.1) is 6.61 Å². The largest absolute Gasteiger partial charge is 0.465 e. The molecular weight excluding hydrogens is 168 g/mol. The van der Waals surface area contributed by atoms with Crippen molar-refractivity contribution < 1.29 is 9.53 Å². The second-order valence-electron chi connectivity index (χ2n) is 3.99. The summed E-state index contributed by atoms with van der Waals surface area (Å²) in [7, 11) is 0. The van der Waals surface area contributed by atoms with E-state index in [1.807, 2.05) is 6.92 Å². The van der Waals surface area contributed by atoms with Crippen LogP contribution in [0, 0.1) is 5.41 Å². The normalized spacial score (nSPS) is 30.1. The molecule has 0 aromatic heterocycles. The summed E-state index contributed by atoms with van der Waals surface area (Å²) >= 11 is 0. The van der Waals surface area contributed by atoms with Gasteiger partial charge in [-0.25, -0.2) is 0 Å². The second kappa shape index (κ2) is 3.27. The fourth-order valence-electron chi connectivity index (χ4n) is 2.07. The van der Waals surface area contributed by atoms with E-state index in [2.05, 4.69) is 10.6 Å². The van der Waals surface area contributed by atoms with Gasteiger partial charge in [-0.3, -0.25) is 4.79 Å². The van der Waals surface area contributed by atoms with Crippen molar-refractivity contribution >= 4 is 5.97 Å². The molecule has 0 aliphatic carbocycles. The van der Waals surface area contributed by atoms with Gasteiger partial charge in [0, 0.05) is 25.0 Å². The van der Waals surface area contributed by atoms with Crippen molar-refractivity contribution in [2.45, 2.75) is 19.4 Å². The van der Waals surface area contributed by atoms with Gasteiger partial charge in [-0.1, -0.05) is 0 Å². The van der Waals surface area contributed by atoms with E-state index in [1.54, 1.807) is 0 Å². The van der Waals surface area contributed by atoms with Crippen LogP contribution in [0.3, 0.4) is 0 Å². The van der Waals surface area contributed by atoms with E-state index in [9.17, 15) is 4.79 Å². The van der Waals surface area contributed by atoms with E-state index >= 15 is 0 Å². The number of carbonyl (C=O) groups is 1. The van der Waals surface area contributed by atoms with E-state index in [4.69, 9.17) is 4.74 Å². The zero-order valence-electron chi connectivity index (χ0n) is 7.93. The first kappa shape index (κ1) is 8.97. The van der Waals surface area contributed by atoms with E-state index in [-0.39, 0.29) is 12.0 Å². The van der Waals surface area contributed by atoms with Gasteiger partial charge in [0.1, 0.15) is 6.04 Å². The van der Waals surface area contributed by atoms with Gasteiger partial charge in [-0.15, -0.1) is 0 Å². The van der Waals surface area contributed by atoms with E-state index < -0.39 is 0 Å². The molecule has 4 heteroatoms. The van der Waals surface area contributed by atoms with Gasteiger partial charge in [-0.2, -0.15) is 0 Å². The summed E-state index contributed by atoms with van der Waals surface area (Å²) in [6.07, 6.45) is 0.929. The third kappa shape index (κ3) is 1.56. The van der Waals surface area contributed by atoms with Crippen LogP contribution >= 0.6 is 0 Å². The average Bonchev–Trinajstić information content (AvgIpc) is 2.47. The topological polar surface area (TPSA) is 50.4 Å². The maximum atomic E-state index is 11.4. The van der Waals surface area contributed by atoms with E-state index in [1.165, 1.54) is 0 Å². The predicted octanol–water partition coefficient (Wildman–Crippen LogP) is -0.499. The Morgan fingerprint density at radius 3 is 2.77 bits per heavy atom. The zero-order valence-corrected chi connectivity index (χ0v) is 7.93. The van der Waals surface area contributed by atoms with Crippen molar-refractivity contribution in [1.29, 1.82) is 0 Å². The Labute approximate surface area is 78.0 Å². The minimum atomic E-state index is -0.0914. The molecular formula is C9H16N2O2. The number of hydrogen-bond acceptors (Lipinski definition) is 4. The molecule has 2 N–H and O–H groups in total. The maximum Gasteiger partial charge on any atom is 0.323 e. The first-order valence-electron chi connectivity index (χ1n) is 4.86. The molecule has 1 atom stereocenters. The lowest BCUT2D eigenvalue weighted by Gasteiger charge is -2.38. The number of nitrogens with one attached hydrogen (secondary N) is 2. The molecule has 2 rings (SSSR count). The molecule has 0 saturated carbocycles. The van der Waals surface area contributed by atoms with Crippen LogP contribution in [0.15, 0.2) is 0 Å². The molecule has 13 heavy (non-hydrogen) atoms. The van der Waals surface area contributed by atoms with Crippen molar-refractivity contribution in [2.24, 2.45) is 5.41 Å². The van der Waals surface area contributed by atoms with Crippen LogP contribution in [0.25, 0.3) is 0 Å². The highest BCUT2D eigenvalue weighted by Gasteiger charge is 2.46. The molecule has 0 radical (unpaired) electrons. The lowest BCUT2D eigenvalue weighted by Crippen LogP contribution is -2.54. The lowest BCUT2D eigenvalue weighted by atomic mass is 9.80. The Morgan fingerprint density at radius 2 is 2.31 bits per heavy atom. The number of hydrogen-bond donors (Lipinski definition) is 2. The monoisotopic (exact) mass is 184 g/mol. The Kier molecular flexibility index (Phi) is 2.26. The number of carbonyl (C=O) groups excluding carboxylic acids is 1. The highest BCUT2D eigenvalue weighted by atomic mass is 16.5. The molecule has 0 bridgehead atoms.